The number of thioether (sulfide) groups is 1. The van der Waals surface area contributed by atoms with Gasteiger partial charge >= 0.3 is 11.9 Å². The van der Waals surface area contributed by atoms with Crippen molar-refractivity contribution in [2.75, 3.05) is 13.7 Å². The van der Waals surface area contributed by atoms with Crippen LogP contribution in [-0.2, 0) is 14.3 Å². The van der Waals surface area contributed by atoms with Crippen molar-refractivity contribution in [3.63, 3.8) is 0 Å². The fraction of sp³-hybridized carbons (Fsp3) is 0.100. The summed E-state index contributed by atoms with van der Waals surface area (Å²) in [5.41, 5.74) is -1.36. The average molecular weight is 487 g/mol. The first-order chi connectivity index (χ1) is 16.1. The predicted octanol–water partition coefficient (Wildman–Crippen LogP) is 2.93. The first-order valence-corrected chi connectivity index (χ1v) is 9.99. The van der Waals surface area contributed by atoms with Gasteiger partial charge in [-0.2, -0.15) is 0 Å². The quantitative estimate of drug-likeness (QED) is 0.184. The van der Waals surface area contributed by atoms with E-state index in [1.807, 2.05) is 0 Å². The highest BCUT2D eigenvalue weighted by molar-refractivity contribution is 8.18. The summed E-state index contributed by atoms with van der Waals surface area (Å²) in [6.45, 7) is -0.536. The molecular formula is C20H13N3O10S. The number of carbonyl (C=O) groups excluding carboxylic acids is 4. The van der Waals surface area contributed by atoms with E-state index in [-0.39, 0.29) is 10.7 Å². The second-order valence-corrected chi connectivity index (χ2v) is 7.55. The van der Waals surface area contributed by atoms with E-state index in [1.165, 1.54) is 24.3 Å². The largest absolute Gasteiger partial charge is 0.468 e. The molecule has 13 nitrogen and oxygen atoms in total. The standard InChI is InChI=1S/C20H13N3O10S/c1-32-17(24)10-21-18(25)16(34-20(21)27)6-11-3-2-4-15(5-11)33-19(26)12-7-13(22(28)29)9-14(8-12)23(30)31/h2-9H,10H2,1H3/b16-6-. The topological polar surface area (TPSA) is 176 Å². The minimum absolute atomic E-state index is 0.0201. The number of imide groups is 1. The van der Waals surface area contributed by atoms with Crippen LogP contribution in [0.1, 0.15) is 15.9 Å². The Morgan fingerprint density at radius 2 is 1.71 bits per heavy atom. The van der Waals surface area contributed by atoms with Crippen molar-refractivity contribution >= 4 is 52.3 Å². The van der Waals surface area contributed by atoms with Gasteiger partial charge in [0.25, 0.3) is 22.5 Å². The van der Waals surface area contributed by atoms with Gasteiger partial charge in [0.2, 0.25) is 0 Å². The van der Waals surface area contributed by atoms with Gasteiger partial charge in [-0.1, -0.05) is 12.1 Å². The maximum absolute atomic E-state index is 12.5. The molecule has 1 saturated heterocycles. The summed E-state index contributed by atoms with van der Waals surface area (Å²) in [7, 11) is 1.12. The van der Waals surface area contributed by atoms with Gasteiger partial charge < -0.3 is 9.47 Å². The molecule has 1 fully saturated rings. The number of nitro groups is 2. The number of rotatable bonds is 7. The van der Waals surface area contributed by atoms with Crippen LogP contribution in [0.3, 0.4) is 0 Å². The van der Waals surface area contributed by atoms with Crippen molar-refractivity contribution < 1.29 is 38.5 Å². The van der Waals surface area contributed by atoms with E-state index < -0.39 is 56.4 Å². The highest BCUT2D eigenvalue weighted by atomic mass is 32.2. The lowest BCUT2D eigenvalue weighted by molar-refractivity contribution is -0.394. The molecule has 0 radical (unpaired) electrons. The molecule has 0 N–H and O–H groups in total. The molecule has 0 atom stereocenters. The summed E-state index contributed by atoms with van der Waals surface area (Å²) in [6, 6.07) is 8.15. The maximum Gasteiger partial charge on any atom is 0.344 e. The van der Waals surface area contributed by atoms with Crippen LogP contribution in [-0.4, -0.2) is 51.5 Å². The van der Waals surface area contributed by atoms with Crippen molar-refractivity contribution in [1.82, 2.24) is 4.90 Å². The van der Waals surface area contributed by atoms with E-state index in [9.17, 15) is 39.4 Å². The van der Waals surface area contributed by atoms with E-state index in [4.69, 9.17) is 4.74 Å². The second kappa shape index (κ2) is 9.91. The molecular weight excluding hydrogens is 474 g/mol. The van der Waals surface area contributed by atoms with Crippen LogP contribution >= 0.6 is 11.8 Å². The zero-order valence-corrected chi connectivity index (χ0v) is 18.0. The zero-order valence-electron chi connectivity index (χ0n) is 17.2. The lowest BCUT2D eigenvalue weighted by atomic mass is 10.1. The Morgan fingerprint density at radius 1 is 1.06 bits per heavy atom. The molecule has 0 aromatic heterocycles. The predicted molar refractivity (Wildman–Crippen MR) is 116 cm³/mol. The van der Waals surface area contributed by atoms with Crippen molar-refractivity contribution in [2.45, 2.75) is 0 Å². The average Bonchev–Trinajstić information content (AvgIpc) is 3.05. The molecule has 2 amide bonds. The number of ether oxygens (including phenoxy) is 2. The lowest BCUT2D eigenvalue weighted by Crippen LogP contribution is -2.34. The van der Waals surface area contributed by atoms with Gasteiger partial charge in [0, 0.05) is 12.1 Å². The molecule has 0 unspecified atom stereocenters. The minimum Gasteiger partial charge on any atom is -0.468 e. The van der Waals surface area contributed by atoms with Crippen LogP contribution in [0.25, 0.3) is 6.08 Å². The van der Waals surface area contributed by atoms with Gasteiger partial charge in [-0.15, -0.1) is 0 Å². The molecule has 174 valence electrons. The molecule has 34 heavy (non-hydrogen) atoms. The Morgan fingerprint density at radius 3 is 2.29 bits per heavy atom. The number of non-ortho nitro benzene ring substituents is 2. The molecule has 14 heteroatoms. The summed E-state index contributed by atoms with van der Waals surface area (Å²) in [4.78, 5) is 69.3. The molecule has 1 aliphatic heterocycles. The monoisotopic (exact) mass is 487 g/mol. The molecule has 1 aliphatic rings. The first kappa shape index (κ1) is 24.1. The van der Waals surface area contributed by atoms with Crippen LogP contribution in [0.5, 0.6) is 5.75 Å². The van der Waals surface area contributed by atoms with Gasteiger partial charge in [-0.3, -0.25) is 39.5 Å². The third-order valence-electron chi connectivity index (χ3n) is 4.31. The number of nitro benzene ring substituents is 2. The third kappa shape index (κ3) is 5.42. The summed E-state index contributed by atoms with van der Waals surface area (Å²) in [5.74, 6) is -2.57. The number of hydrogen-bond acceptors (Lipinski definition) is 11. The Labute approximate surface area is 194 Å². The number of methoxy groups -OCH3 is 1. The zero-order chi connectivity index (χ0) is 25.0. The number of benzene rings is 2. The number of carbonyl (C=O) groups is 4. The number of amides is 2. The Hall–Kier alpha value is -4.59. The fourth-order valence-corrected chi connectivity index (χ4v) is 3.58. The first-order valence-electron chi connectivity index (χ1n) is 9.17. The highest BCUT2D eigenvalue weighted by Crippen LogP contribution is 2.32. The summed E-state index contributed by atoms with van der Waals surface area (Å²) >= 11 is 0.610. The summed E-state index contributed by atoms with van der Waals surface area (Å²) < 4.78 is 9.62. The molecule has 0 saturated carbocycles. The number of hydrogen-bond donors (Lipinski definition) is 0. The van der Waals surface area contributed by atoms with E-state index in [2.05, 4.69) is 4.74 Å². The van der Waals surface area contributed by atoms with E-state index in [1.54, 1.807) is 6.07 Å². The molecule has 0 bridgehead atoms. The normalized spacial score (nSPS) is 14.3. The highest BCUT2D eigenvalue weighted by Gasteiger charge is 2.36. The Bertz CT molecular complexity index is 1240. The van der Waals surface area contributed by atoms with Crippen molar-refractivity contribution in [2.24, 2.45) is 0 Å². The van der Waals surface area contributed by atoms with Gasteiger partial charge in [-0.25, -0.2) is 4.79 Å². The van der Waals surface area contributed by atoms with Crippen molar-refractivity contribution in [3.05, 3.63) is 78.7 Å². The maximum atomic E-state index is 12.5. The van der Waals surface area contributed by atoms with Crippen LogP contribution in [0.4, 0.5) is 16.2 Å². The van der Waals surface area contributed by atoms with Crippen LogP contribution in [0.2, 0.25) is 0 Å². The number of nitrogens with zero attached hydrogens (tertiary/aromatic N) is 3. The van der Waals surface area contributed by atoms with Gasteiger partial charge in [0.1, 0.15) is 12.3 Å². The smallest absolute Gasteiger partial charge is 0.344 e. The van der Waals surface area contributed by atoms with Crippen LogP contribution in [0.15, 0.2) is 47.4 Å². The fourth-order valence-electron chi connectivity index (χ4n) is 2.74. The molecule has 0 aliphatic carbocycles. The Balaban J connectivity index is 1.82. The SMILES string of the molecule is COC(=O)CN1C(=O)S/C(=C\c2cccc(OC(=O)c3cc([N+](=O)[O-])cc([N+](=O)[O-])c3)c2)C1=O. The molecule has 2 aromatic rings. The van der Waals surface area contributed by atoms with Crippen molar-refractivity contribution in [1.29, 1.82) is 0 Å². The number of esters is 2. The van der Waals surface area contributed by atoms with E-state index >= 15 is 0 Å². The molecule has 2 aromatic carbocycles. The molecule has 3 rings (SSSR count). The van der Waals surface area contributed by atoms with Gasteiger partial charge in [-0.05, 0) is 35.5 Å². The molecule has 0 spiro atoms. The van der Waals surface area contributed by atoms with Gasteiger partial charge in [0.15, 0.2) is 0 Å². The van der Waals surface area contributed by atoms with E-state index in [0.717, 1.165) is 24.1 Å². The third-order valence-corrected chi connectivity index (χ3v) is 5.22. The Kier molecular flexibility index (Phi) is 7.01. The molecule has 1 heterocycles. The van der Waals surface area contributed by atoms with Gasteiger partial charge in [0.05, 0.1) is 33.5 Å². The van der Waals surface area contributed by atoms with Crippen LogP contribution in [0, 0.1) is 20.2 Å². The lowest BCUT2D eigenvalue weighted by Gasteiger charge is -2.09. The van der Waals surface area contributed by atoms with Crippen LogP contribution < -0.4 is 4.74 Å². The summed E-state index contributed by atoms with van der Waals surface area (Å²) in [5, 5.41) is 21.4. The van der Waals surface area contributed by atoms with Crippen molar-refractivity contribution in [3.8, 4) is 5.75 Å². The van der Waals surface area contributed by atoms with E-state index in [0.29, 0.717) is 23.4 Å². The minimum atomic E-state index is -1.08. The second-order valence-electron chi connectivity index (χ2n) is 6.56. The summed E-state index contributed by atoms with van der Waals surface area (Å²) in [6.07, 6.45) is 1.34.